The maximum atomic E-state index is 4.58. The van der Waals surface area contributed by atoms with Gasteiger partial charge in [0.15, 0.2) is 0 Å². The van der Waals surface area contributed by atoms with Crippen molar-refractivity contribution in [3.05, 3.63) is 11.8 Å². The first kappa shape index (κ1) is 15.1. The normalized spacial score (nSPS) is 22.6. The molecule has 4 nitrogen and oxygen atoms in total. The van der Waals surface area contributed by atoms with E-state index in [1.807, 2.05) is 6.20 Å². The average Bonchev–Trinajstić information content (AvgIpc) is 2.45. The molecule has 2 atom stereocenters. The Hall–Kier alpha value is -1.32. The third-order valence-corrected chi connectivity index (χ3v) is 4.11. The van der Waals surface area contributed by atoms with Crippen LogP contribution in [-0.4, -0.2) is 23.1 Å². The standard InChI is InChI=1S/C16H28N4/c1-4-8-17-16-19-10-13(3)15(20-16)18-11-14-7-5-6-12(2)9-14/h10,12,14H,4-9,11H2,1-3H3,(H2,17,18,19,20). The third-order valence-electron chi connectivity index (χ3n) is 4.11. The second kappa shape index (κ2) is 7.46. The van der Waals surface area contributed by atoms with Gasteiger partial charge in [-0.1, -0.05) is 26.7 Å². The van der Waals surface area contributed by atoms with Crippen LogP contribution in [0.15, 0.2) is 6.20 Å². The fourth-order valence-electron chi connectivity index (χ4n) is 2.93. The van der Waals surface area contributed by atoms with Crippen molar-refractivity contribution >= 4 is 11.8 Å². The molecular weight excluding hydrogens is 248 g/mol. The Morgan fingerprint density at radius 3 is 2.90 bits per heavy atom. The van der Waals surface area contributed by atoms with E-state index < -0.39 is 0 Å². The molecule has 0 aliphatic heterocycles. The van der Waals surface area contributed by atoms with E-state index in [1.165, 1.54) is 25.7 Å². The largest absolute Gasteiger partial charge is 0.369 e. The lowest BCUT2D eigenvalue weighted by molar-refractivity contribution is 0.293. The molecule has 0 spiro atoms. The lowest BCUT2D eigenvalue weighted by atomic mass is 9.82. The van der Waals surface area contributed by atoms with Gasteiger partial charge in [0.1, 0.15) is 5.82 Å². The van der Waals surface area contributed by atoms with Crippen molar-refractivity contribution in [2.45, 2.75) is 52.9 Å². The van der Waals surface area contributed by atoms with Gasteiger partial charge in [-0.25, -0.2) is 4.98 Å². The van der Waals surface area contributed by atoms with Gasteiger partial charge in [0.25, 0.3) is 0 Å². The molecule has 112 valence electrons. The Balaban J connectivity index is 1.90. The zero-order valence-corrected chi connectivity index (χ0v) is 13.1. The quantitative estimate of drug-likeness (QED) is 0.828. The minimum atomic E-state index is 0.733. The van der Waals surface area contributed by atoms with E-state index in [0.717, 1.165) is 48.7 Å². The van der Waals surface area contributed by atoms with E-state index in [-0.39, 0.29) is 0 Å². The zero-order valence-electron chi connectivity index (χ0n) is 13.1. The molecule has 1 aromatic rings. The van der Waals surface area contributed by atoms with Crippen molar-refractivity contribution < 1.29 is 0 Å². The predicted molar refractivity (Wildman–Crippen MR) is 85.2 cm³/mol. The number of anilines is 2. The van der Waals surface area contributed by atoms with Crippen molar-refractivity contribution in [3.8, 4) is 0 Å². The van der Waals surface area contributed by atoms with Gasteiger partial charge in [-0.3, -0.25) is 0 Å². The monoisotopic (exact) mass is 276 g/mol. The first-order valence-corrected chi connectivity index (χ1v) is 8.00. The van der Waals surface area contributed by atoms with Crippen LogP contribution >= 0.6 is 0 Å². The minimum Gasteiger partial charge on any atom is -0.369 e. The number of hydrogen-bond acceptors (Lipinski definition) is 4. The summed E-state index contributed by atoms with van der Waals surface area (Å²) >= 11 is 0. The van der Waals surface area contributed by atoms with Crippen LogP contribution in [0.4, 0.5) is 11.8 Å². The highest BCUT2D eigenvalue weighted by Gasteiger charge is 2.18. The highest BCUT2D eigenvalue weighted by molar-refractivity contribution is 5.46. The predicted octanol–water partition coefficient (Wildman–Crippen LogP) is 3.85. The molecule has 1 heterocycles. The zero-order chi connectivity index (χ0) is 14.4. The maximum absolute atomic E-state index is 4.58. The molecule has 4 heteroatoms. The van der Waals surface area contributed by atoms with Crippen LogP contribution in [-0.2, 0) is 0 Å². The molecule has 0 saturated heterocycles. The first-order chi connectivity index (χ1) is 9.69. The smallest absolute Gasteiger partial charge is 0.224 e. The van der Waals surface area contributed by atoms with Crippen molar-refractivity contribution in [3.63, 3.8) is 0 Å². The second-order valence-corrected chi connectivity index (χ2v) is 6.17. The molecule has 0 aromatic carbocycles. The molecule has 2 rings (SSSR count). The Morgan fingerprint density at radius 1 is 1.30 bits per heavy atom. The fourth-order valence-corrected chi connectivity index (χ4v) is 2.93. The van der Waals surface area contributed by atoms with Gasteiger partial charge in [-0.15, -0.1) is 0 Å². The molecule has 1 aliphatic rings. The number of hydrogen-bond donors (Lipinski definition) is 2. The van der Waals surface area contributed by atoms with Gasteiger partial charge in [-0.05, 0) is 38.0 Å². The van der Waals surface area contributed by atoms with E-state index in [2.05, 4.69) is 41.4 Å². The van der Waals surface area contributed by atoms with E-state index >= 15 is 0 Å². The van der Waals surface area contributed by atoms with Gasteiger partial charge in [0, 0.05) is 24.8 Å². The van der Waals surface area contributed by atoms with E-state index in [9.17, 15) is 0 Å². The van der Waals surface area contributed by atoms with Crippen LogP contribution in [0, 0.1) is 18.8 Å². The fraction of sp³-hybridized carbons (Fsp3) is 0.750. The second-order valence-electron chi connectivity index (χ2n) is 6.17. The number of aromatic nitrogens is 2. The Kier molecular flexibility index (Phi) is 5.62. The molecule has 1 saturated carbocycles. The number of nitrogens with zero attached hydrogens (tertiary/aromatic N) is 2. The number of nitrogens with one attached hydrogen (secondary N) is 2. The van der Waals surface area contributed by atoms with Gasteiger partial charge >= 0.3 is 0 Å². The van der Waals surface area contributed by atoms with Crippen molar-refractivity contribution in [2.75, 3.05) is 23.7 Å². The molecule has 20 heavy (non-hydrogen) atoms. The van der Waals surface area contributed by atoms with Gasteiger partial charge in [-0.2, -0.15) is 4.98 Å². The van der Waals surface area contributed by atoms with Gasteiger partial charge < -0.3 is 10.6 Å². The van der Waals surface area contributed by atoms with Crippen molar-refractivity contribution in [1.29, 1.82) is 0 Å². The molecule has 0 radical (unpaired) electrons. The highest BCUT2D eigenvalue weighted by atomic mass is 15.1. The van der Waals surface area contributed by atoms with Crippen LogP contribution in [0.2, 0.25) is 0 Å². The summed E-state index contributed by atoms with van der Waals surface area (Å²) in [7, 11) is 0. The number of aryl methyl sites for hydroxylation is 1. The summed E-state index contributed by atoms with van der Waals surface area (Å²) < 4.78 is 0. The van der Waals surface area contributed by atoms with Crippen LogP contribution in [0.3, 0.4) is 0 Å². The Morgan fingerprint density at radius 2 is 2.15 bits per heavy atom. The molecule has 0 bridgehead atoms. The van der Waals surface area contributed by atoms with Crippen LogP contribution < -0.4 is 10.6 Å². The maximum Gasteiger partial charge on any atom is 0.224 e. The molecule has 1 aliphatic carbocycles. The molecule has 0 amide bonds. The van der Waals surface area contributed by atoms with E-state index in [1.54, 1.807) is 0 Å². The summed E-state index contributed by atoms with van der Waals surface area (Å²) in [4.78, 5) is 8.90. The summed E-state index contributed by atoms with van der Waals surface area (Å²) in [6, 6.07) is 0. The first-order valence-electron chi connectivity index (χ1n) is 8.00. The summed E-state index contributed by atoms with van der Waals surface area (Å²) in [5, 5.41) is 6.77. The SMILES string of the molecule is CCCNc1ncc(C)c(NCC2CCCC(C)C2)n1. The Bertz CT molecular complexity index is 419. The lowest BCUT2D eigenvalue weighted by Gasteiger charge is -2.27. The van der Waals surface area contributed by atoms with Crippen molar-refractivity contribution in [1.82, 2.24) is 9.97 Å². The molecule has 1 aromatic heterocycles. The van der Waals surface area contributed by atoms with Gasteiger partial charge in [0.05, 0.1) is 0 Å². The van der Waals surface area contributed by atoms with Crippen molar-refractivity contribution in [2.24, 2.45) is 11.8 Å². The summed E-state index contributed by atoms with van der Waals surface area (Å²) in [6.07, 6.45) is 8.45. The molecule has 2 N–H and O–H groups in total. The van der Waals surface area contributed by atoms with Crippen LogP contribution in [0.25, 0.3) is 0 Å². The Labute approximate surface area is 122 Å². The topological polar surface area (TPSA) is 49.8 Å². The minimum absolute atomic E-state index is 0.733. The van der Waals surface area contributed by atoms with E-state index in [0.29, 0.717) is 0 Å². The molecule has 1 fully saturated rings. The summed E-state index contributed by atoms with van der Waals surface area (Å²) in [6.45, 7) is 8.53. The molecular formula is C16H28N4. The highest BCUT2D eigenvalue weighted by Crippen LogP contribution is 2.28. The number of rotatable bonds is 6. The third kappa shape index (κ3) is 4.36. The molecule has 2 unspecified atom stereocenters. The summed E-state index contributed by atoms with van der Waals surface area (Å²) in [5.74, 6) is 3.39. The van der Waals surface area contributed by atoms with Crippen LogP contribution in [0.1, 0.15) is 51.5 Å². The van der Waals surface area contributed by atoms with Crippen LogP contribution in [0.5, 0.6) is 0 Å². The van der Waals surface area contributed by atoms with Gasteiger partial charge in [0.2, 0.25) is 5.95 Å². The lowest BCUT2D eigenvalue weighted by Crippen LogP contribution is -2.22. The average molecular weight is 276 g/mol. The van der Waals surface area contributed by atoms with E-state index in [4.69, 9.17) is 0 Å². The summed E-state index contributed by atoms with van der Waals surface area (Å²) in [5.41, 5.74) is 1.12.